The number of hydrogen-bond acceptors (Lipinski definition) is 10. The standard InChI is InChI=1S/C31H39NO4S.C4H6O6/c1-28(34,10-9-21-4-3-15-37-21)23-17-29-11-12-31(23,35-2)27-30(29)13-14-32(18-19-5-6-19)24(29)16-20-7-8-22(33)26(36-27)25(20)30;5-1(3(7)8)2(6)4(9)10/h3-4,7-8,15,19,23-24,27,33-34H,5-6,9-14,16-18H2,1-2H3;1-2,5-6H,(H,7,8)(H,9,10)/t23?,24-,27-,28-,29-,30+,31+;/m1./s1. The number of aliphatic hydroxyl groups excluding tert-OH is 2. The first-order valence-electron chi connectivity index (χ1n) is 16.7. The minimum Gasteiger partial charge on any atom is -0.504 e. The van der Waals surface area contributed by atoms with Gasteiger partial charge in [-0.2, -0.15) is 0 Å². The topological polar surface area (TPSA) is 177 Å². The predicted octanol–water partition coefficient (Wildman–Crippen LogP) is 2.94. The lowest BCUT2D eigenvalue weighted by Gasteiger charge is -2.75. The molecule has 4 bridgehead atoms. The lowest BCUT2D eigenvalue weighted by molar-refractivity contribution is -0.302. The number of carboxylic acid groups (broad SMARTS) is 2. The van der Waals surface area contributed by atoms with Gasteiger partial charge in [0, 0.05) is 46.9 Å². The number of aromatic hydroxyl groups is 1. The Labute approximate surface area is 277 Å². The van der Waals surface area contributed by atoms with E-state index in [0.717, 1.165) is 57.4 Å². The molecule has 6 N–H and O–H groups in total. The molecule has 11 nitrogen and oxygen atoms in total. The molecule has 5 aliphatic carbocycles. The Morgan fingerprint density at radius 3 is 2.47 bits per heavy atom. The molecule has 47 heavy (non-hydrogen) atoms. The number of aryl methyl sites for hydroxylation is 1. The number of aliphatic carboxylic acids is 2. The molecule has 3 unspecified atom stereocenters. The molecular formula is C35H45NO10S. The van der Waals surface area contributed by atoms with E-state index in [1.54, 1.807) is 11.3 Å². The Morgan fingerprint density at radius 2 is 1.85 bits per heavy atom. The highest BCUT2D eigenvalue weighted by Gasteiger charge is 2.81. The molecule has 9 rings (SSSR count). The van der Waals surface area contributed by atoms with Crippen molar-refractivity contribution in [2.45, 2.75) is 106 Å². The average molecular weight is 672 g/mol. The van der Waals surface area contributed by atoms with Crippen molar-refractivity contribution in [2.24, 2.45) is 17.3 Å². The van der Waals surface area contributed by atoms with Crippen molar-refractivity contribution in [2.75, 3.05) is 20.2 Å². The number of nitrogens with zero attached hydrogens (tertiary/aromatic N) is 1. The van der Waals surface area contributed by atoms with E-state index >= 15 is 0 Å². The van der Waals surface area contributed by atoms with Gasteiger partial charge in [0.05, 0.1) is 5.60 Å². The molecule has 5 fully saturated rings. The molecule has 2 aromatic rings. The van der Waals surface area contributed by atoms with Gasteiger partial charge in [0.2, 0.25) is 0 Å². The number of aliphatic hydroxyl groups is 3. The number of ether oxygens (including phenoxy) is 2. The summed E-state index contributed by atoms with van der Waals surface area (Å²) in [6.07, 6.45) is 4.71. The molecule has 1 aromatic carbocycles. The smallest absolute Gasteiger partial charge is 0.335 e. The lowest BCUT2D eigenvalue weighted by atomic mass is 9.33. The van der Waals surface area contributed by atoms with Crippen LogP contribution in [-0.4, -0.2) is 103 Å². The fourth-order valence-corrected chi connectivity index (χ4v) is 11.1. The molecule has 256 valence electrons. The molecule has 2 aliphatic heterocycles. The zero-order valence-electron chi connectivity index (χ0n) is 26.8. The highest BCUT2D eigenvalue weighted by Crippen LogP contribution is 2.77. The van der Waals surface area contributed by atoms with Crippen LogP contribution in [0.25, 0.3) is 0 Å². The molecule has 0 radical (unpaired) electrons. The van der Waals surface area contributed by atoms with E-state index in [4.69, 9.17) is 29.9 Å². The fourth-order valence-electron chi connectivity index (χ4n) is 10.4. The van der Waals surface area contributed by atoms with Gasteiger partial charge in [-0.15, -0.1) is 11.3 Å². The number of carboxylic acids is 2. The summed E-state index contributed by atoms with van der Waals surface area (Å²) >= 11 is 1.77. The fraction of sp³-hybridized carbons (Fsp3) is 0.657. The number of likely N-dealkylation sites (tertiary alicyclic amines) is 1. The van der Waals surface area contributed by atoms with Crippen LogP contribution in [0.4, 0.5) is 0 Å². The number of piperidine rings is 1. The number of phenolic OH excluding ortho intramolecular Hbond substituents is 1. The summed E-state index contributed by atoms with van der Waals surface area (Å²) in [5.41, 5.74) is 1.11. The number of methoxy groups -OCH3 is 1. The summed E-state index contributed by atoms with van der Waals surface area (Å²) in [5.74, 6) is -1.72. The molecule has 1 saturated heterocycles. The summed E-state index contributed by atoms with van der Waals surface area (Å²) < 4.78 is 13.5. The van der Waals surface area contributed by atoms with Crippen LogP contribution in [0, 0.1) is 17.3 Å². The van der Waals surface area contributed by atoms with Crippen LogP contribution < -0.4 is 4.74 Å². The van der Waals surface area contributed by atoms with Crippen LogP contribution in [-0.2, 0) is 32.6 Å². The maximum absolute atomic E-state index is 12.3. The van der Waals surface area contributed by atoms with Crippen molar-refractivity contribution in [3.8, 4) is 11.5 Å². The van der Waals surface area contributed by atoms with Crippen LogP contribution in [0.15, 0.2) is 29.6 Å². The van der Waals surface area contributed by atoms with Crippen molar-refractivity contribution < 1.29 is 49.7 Å². The maximum Gasteiger partial charge on any atom is 0.335 e. The van der Waals surface area contributed by atoms with E-state index in [2.05, 4.69) is 35.4 Å². The van der Waals surface area contributed by atoms with E-state index in [0.29, 0.717) is 11.8 Å². The van der Waals surface area contributed by atoms with Crippen molar-refractivity contribution in [3.05, 3.63) is 45.6 Å². The second-order valence-corrected chi connectivity index (χ2v) is 15.9. The molecule has 9 atom stereocenters. The van der Waals surface area contributed by atoms with Gasteiger partial charge in [-0.05, 0) is 100 Å². The number of hydrogen-bond donors (Lipinski definition) is 6. The first-order chi connectivity index (χ1) is 22.3. The summed E-state index contributed by atoms with van der Waals surface area (Å²) in [5, 5.41) is 57.9. The van der Waals surface area contributed by atoms with E-state index in [9.17, 15) is 19.8 Å². The zero-order valence-corrected chi connectivity index (χ0v) is 27.6. The van der Waals surface area contributed by atoms with E-state index in [-0.39, 0.29) is 28.6 Å². The molecule has 1 aromatic heterocycles. The second kappa shape index (κ2) is 11.4. The normalized spacial score (nSPS) is 35.5. The van der Waals surface area contributed by atoms with Crippen molar-refractivity contribution in [1.29, 1.82) is 0 Å². The third-order valence-electron chi connectivity index (χ3n) is 12.7. The first-order valence-corrected chi connectivity index (χ1v) is 17.6. The van der Waals surface area contributed by atoms with Crippen LogP contribution in [0.2, 0.25) is 0 Å². The van der Waals surface area contributed by atoms with Gasteiger partial charge in [-0.25, -0.2) is 9.59 Å². The summed E-state index contributed by atoms with van der Waals surface area (Å²) in [7, 11) is 1.84. The largest absolute Gasteiger partial charge is 0.504 e. The van der Waals surface area contributed by atoms with Gasteiger partial charge in [0.15, 0.2) is 23.7 Å². The van der Waals surface area contributed by atoms with Crippen LogP contribution >= 0.6 is 11.3 Å². The van der Waals surface area contributed by atoms with Crippen molar-refractivity contribution in [3.63, 3.8) is 0 Å². The molecular weight excluding hydrogens is 626 g/mol. The summed E-state index contributed by atoms with van der Waals surface area (Å²) in [6.45, 7) is 4.36. The molecule has 2 spiro atoms. The van der Waals surface area contributed by atoms with Crippen LogP contribution in [0.3, 0.4) is 0 Å². The molecule has 7 aliphatic rings. The van der Waals surface area contributed by atoms with Gasteiger partial charge in [0.1, 0.15) is 11.7 Å². The summed E-state index contributed by atoms with van der Waals surface area (Å²) in [6, 6.07) is 8.75. The van der Waals surface area contributed by atoms with Crippen LogP contribution in [0.1, 0.15) is 67.9 Å². The number of benzene rings is 1. The van der Waals surface area contributed by atoms with Gasteiger partial charge in [0.25, 0.3) is 0 Å². The Bertz CT molecular complexity index is 1520. The van der Waals surface area contributed by atoms with Crippen LogP contribution in [0.5, 0.6) is 11.5 Å². The SMILES string of the molecule is CO[C@@]12CC[C@@]3(CC1[C@](C)(O)CCc1cccs1)[C@H]1Cc4ccc(O)c5c4[C@@]3(CCN1CC1CC1)[C@H]2O5.O=C(O)C(O)C(O)C(=O)O. The van der Waals surface area contributed by atoms with E-state index in [1.165, 1.54) is 35.4 Å². The highest BCUT2D eigenvalue weighted by atomic mass is 32.1. The monoisotopic (exact) mass is 671 g/mol. The third kappa shape index (κ3) is 4.77. The van der Waals surface area contributed by atoms with E-state index in [1.807, 2.05) is 13.2 Å². The Morgan fingerprint density at radius 1 is 1.13 bits per heavy atom. The predicted molar refractivity (Wildman–Crippen MR) is 171 cm³/mol. The molecule has 3 heterocycles. The first kappa shape index (κ1) is 32.8. The number of carbonyl (C=O) groups is 2. The summed E-state index contributed by atoms with van der Waals surface area (Å²) in [4.78, 5) is 23.7. The molecule has 12 heteroatoms. The molecule has 4 saturated carbocycles. The lowest BCUT2D eigenvalue weighted by Crippen LogP contribution is -2.82. The average Bonchev–Trinajstić information content (AvgIpc) is 3.55. The van der Waals surface area contributed by atoms with E-state index < -0.39 is 35.3 Å². The minimum absolute atomic E-state index is 0.0155. The zero-order chi connectivity index (χ0) is 33.5. The second-order valence-electron chi connectivity index (χ2n) is 14.9. The van der Waals surface area contributed by atoms with Crippen molar-refractivity contribution >= 4 is 23.3 Å². The third-order valence-corrected chi connectivity index (χ3v) is 13.6. The quantitative estimate of drug-likeness (QED) is 0.219. The van der Waals surface area contributed by atoms with Gasteiger partial charge < -0.3 is 40.1 Å². The van der Waals surface area contributed by atoms with Gasteiger partial charge in [-0.3, -0.25) is 4.90 Å². The molecule has 0 amide bonds. The Hall–Kier alpha value is -2.74. The number of phenols is 1. The van der Waals surface area contributed by atoms with Gasteiger partial charge in [-0.1, -0.05) is 12.1 Å². The Balaban J connectivity index is 0.000000308. The maximum atomic E-state index is 12.3. The minimum atomic E-state index is -2.27. The number of fused-ring (bicyclic) bond motifs is 2. The van der Waals surface area contributed by atoms with Gasteiger partial charge >= 0.3 is 11.9 Å². The highest BCUT2D eigenvalue weighted by molar-refractivity contribution is 7.09. The Kier molecular flexibility index (Phi) is 7.97. The number of thiophene rings is 1. The van der Waals surface area contributed by atoms with Crippen molar-refractivity contribution in [1.82, 2.24) is 4.90 Å². The number of rotatable bonds is 10.